The van der Waals surface area contributed by atoms with Gasteiger partial charge < -0.3 is 5.73 Å². The van der Waals surface area contributed by atoms with E-state index in [2.05, 4.69) is 36.2 Å². The molecule has 114 valence electrons. The van der Waals surface area contributed by atoms with Crippen molar-refractivity contribution in [3.63, 3.8) is 0 Å². The van der Waals surface area contributed by atoms with Crippen LogP contribution < -0.4 is 5.73 Å². The second-order valence-electron chi connectivity index (χ2n) is 6.61. The minimum atomic E-state index is 0.390. The van der Waals surface area contributed by atoms with Gasteiger partial charge in [-0.2, -0.15) is 0 Å². The first kappa shape index (κ1) is 14.1. The molecule has 0 radical (unpaired) electrons. The molecule has 3 atom stereocenters. The Hall–Kier alpha value is -1.51. The highest BCUT2D eigenvalue weighted by Crippen LogP contribution is 2.55. The van der Waals surface area contributed by atoms with E-state index in [1.54, 1.807) is 0 Å². The average Bonchev–Trinajstić information content (AvgIpc) is 2.82. The van der Waals surface area contributed by atoms with Crippen molar-refractivity contribution in [2.75, 3.05) is 19.3 Å². The lowest BCUT2D eigenvalue weighted by atomic mass is 9.79. The van der Waals surface area contributed by atoms with Gasteiger partial charge in [-0.15, -0.1) is 0 Å². The number of piperidine rings is 1. The van der Waals surface area contributed by atoms with E-state index in [0.29, 0.717) is 17.9 Å². The molecule has 3 heteroatoms. The normalized spacial score (nSPS) is 27.5. The number of nitrogens with zero attached hydrogens (tertiary/aromatic N) is 1. The summed E-state index contributed by atoms with van der Waals surface area (Å²) in [6.45, 7) is 1.16. The van der Waals surface area contributed by atoms with E-state index >= 15 is 0 Å². The van der Waals surface area contributed by atoms with Crippen molar-refractivity contribution in [3.8, 4) is 0 Å². The molecule has 4 rings (SSSR count). The van der Waals surface area contributed by atoms with Crippen molar-refractivity contribution in [3.05, 3.63) is 64.2 Å². The number of nitrogen functional groups attached to an aromatic ring is 1. The fourth-order valence-electron chi connectivity index (χ4n) is 4.53. The molecular formula is C19H21ClN2. The minimum absolute atomic E-state index is 0.390. The fourth-order valence-corrected chi connectivity index (χ4v) is 4.71. The SMILES string of the molecule is CN1CCCC2C(c3ccccc3N)c3ccc(Cl)cc3C21. The fraction of sp³-hybridized carbons (Fsp3) is 0.368. The molecule has 1 heterocycles. The summed E-state index contributed by atoms with van der Waals surface area (Å²) in [7, 11) is 2.23. The third-order valence-electron chi connectivity index (χ3n) is 5.39. The van der Waals surface area contributed by atoms with Gasteiger partial charge in [0.15, 0.2) is 0 Å². The van der Waals surface area contributed by atoms with Gasteiger partial charge in [0.2, 0.25) is 0 Å². The number of likely N-dealkylation sites (tertiary alicyclic amines) is 1. The van der Waals surface area contributed by atoms with Crippen LogP contribution >= 0.6 is 11.6 Å². The molecule has 0 spiro atoms. The molecule has 1 fully saturated rings. The van der Waals surface area contributed by atoms with Crippen molar-refractivity contribution in [1.82, 2.24) is 4.90 Å². The summed E-state index contributed by atoms with van der Waals surface area (Å²) in [5.41, 5.74) is 11.3. The van der Waals surface area contributed by atoms with Gasteiger partial charge in [-0.05, 0) is 67.2 Å². The van der Waals surface area contributed by atoms with Crippen LogP contribution in [0.3, 0.4) is 0 Å². The van der Waals surface area contributed by atoms with Crippen LogP contribution in [0.2, 0.25) is 5.02 Å². The second-order valence-corrected chi connectivity index (χ2v) is 7.05. The van der Waals surface area contributed by atoms with Crippen LogP contribution in [0.15, 0.2) is 42.5 Å². The quantitative estimate of drug-likeness (QED) is 0.788. The first-order valence-corrected chi connectivity index (χ1v) is 8.38. The third-order valence-corrected chi connectivity index (χ3v) is 5.63. The smallest absolute Gasteiger partial charge is 0.0409 e. The summed E-state index contributed by atoms with van der Waals surface area (Å²) in [6, 6.07) is 15.2. The van der Waals surface area contributed by atoms with Crippen molar-refractivity contribution in [1.29, 1.82) is 0 Å². The van der Waals surface area contributed by atoms with E-state index in [-0.39, 0.29) is 0 Å². The molecule has 1 aliphatic heterocycles. The van der Waals surface area contributed by atoms with Gasteiger partial charge in [-0.1, -0.05) is 35.9 Å². The maximum atomic E-state index is 6.30. The Labute approximate surface area is 136 Å². The van der Waals surface area contributed by atoms with Gasteiger partial charge in [0.25, 0.3) is 0 Å². The molecule has 0 saturated carbocycles. The maximum Gasteiger partial charge on any atom is 0.0409 e. The lowest BCUT2D eigenvalue weighted by Gasteiger charge is -2.37. The van der Waals surface area contributed by atoms with Crippen molar-refractivity contribution >= 4 is 17.3 Å². The summed E-state index contributed by atoms with van der Waals surface area (Å²) >= 11 is 6.28. The molecule has 0 bridgehead atoms. The highest BCUT2D eigenvalue weighted by atomic mass is 35.5. The topological polar surface area (TPSA) is 29.3 Å². The Morgan fingerprint density at radius 3 is 2.73 bits per heavy atom. The maximum absolute atomic E-state index is 6.30. The number of hydrogen-bond donors (Lipinski definition) is 1. The number of anilines is 1. The monoisotopic (exact) mass is 312 g/mol. The molecule has 22 heavy (non-hydrogen) atoms. The zero-order valence-corrected chi connectivity index (χ0v) is 13.6. The summed E-state index contributed by atoms with van der Waals surface area (Å²) in [5, 5.41) is 0.832. The lowest BCUT2D eigenvalue weighted by molar-refractivity contribution is 0.127. The Balaban J connectivity index is 1.90. The number of rotatable bonds is 1. The first-order valence-electron chi connectivity index (χ1n) is 8.01. The van der Waals surface area contributed by atoms with E-state index in [0.717, 1.165) is 17.3 Å². The number of halogens is 1. The van der Waals surface area contributed by atoms with Crippen molar-refractivity contribution in [2.24, 2.45) is 5.92 Å². The van der Waals surface area contributed by atoms with E-state index in [1.807, 2.05) is 18.2 Å². The third kappa shape index (κ3) is 2.05. The van der Waals surface area contributed by atoms with Gasteiger partial charge >= 0.3 is 0 Å². The molecule has 2 aliphatic rings. The van der Waals surface area contributed by atoms with Gasteiger partial charge in [0.05, 0.1) is 0 Å². The van der Waals surface area contributed by atoms with Crippen LogP contribution in [0.4, 0.5) is 5.69 Å². The van der Waals surface area contributed by atoms with Crippen molar-refractivity contribution in [2.45, 2.75) is 24.8 Å². The Morgan fingerprint density at radius 1 is 1.09 bits per heavy atom. The molecule has 0 aromatic heterocycles. The zero-order chi connectivity index (χ0) is 15.3. The van der Waals surface area contributed by atoms with Crippen LogP contribution in [-0.4, -0.2) is 18.5 Å². The number of benzene rings is 2. The Kier molecular flexibility index (Phi) is 3.39. The lowest BCUT2D eigenvalue weighted by Crippen LogP contribution is -2.35. The minimum Gasteiger partial charge on any atom is -0.398 e. The van der Waals surface area contributed by atoms with Crippen molar-refractivity contribution < 1.29 is 0 Å². The highest BCUT2D eigenvalue weighted by Gasteiger charge is 2.45. The Morgan fingerprint density at radius 2 is 1.91 bits per heavy atom. The second kappa shape index (κ2) is 5.29. The van der Waals surface area contributed by atoms with Crippen LogP contribution in [0.5, 0.6) is 0 Å². The van der Waals surface area contributed by atoms with E-state index < -0.39 is 0 Å². The van der Waals surface area contributed by atoms with E-state index in [9.17, 15) is 0 Å². The Bertz CT molecular complexity index is 712. The average molecular weight is 313 g/mol. The first-order chi connectivity index (χ1) is 10.7. The highest BCUT2D eigenvalue weighted by molar-refractivity contribution is 6.30. The molecule has 2 aromatic carbocycles. The summed E-state index contributed by atoms with van der Waals surface area (Å²) in [4.78, 5) is 2.49. The standard InChI is InChI=1S/C19H21ClN2/c1-22-10-4-6-15-18(14-5-2-3-7-17(14)21)13-9-8-12(20)11-16(13)19(15)22/h2-3,5,7-9,11,15,18-19H,4,6,10,21H2,1H3. The molecule has 1 saturated heterocycles. The van der Waals surface area contributed by atoms with Crippen LogP contribution in [0.25, 0.3) is 0 Å². The summed E-state index contributed by atoms with van der Waals surface area (Å²) in [6.07, 6.45) is 2.50. The van der Waals surface area contributed by atoms with Gasteiger partial charge in [-0.3, -0.25) is 4.90 Å². The number of nitrogens with two attached hydrogens (primary N) is 1. The number of fused-ring (bicyclic) bond motifs is 3. The van der Waals surface area contributed by atoms with Gasteiger partial charge in [-0.25, -0.2) is 0 Å². The van der Waals surface area contributed by atoms with Gasteiger partial charge in [0, 0.05) is 22.7 Å². The largest absolute Gasteiger partial charge is 0.398 e. The predicted molar refractivity (Wildman–Crippen MR) is 92.2 cm³/mol. The zero-order valence-electron chi connectivity index (χ0n) is 12.8. The van der Waals surface area contributed by atoms with Crippen LogP contribution in [0, 0.1) is 5.92 Å². The van der Waals surface area contributed by atoms with Gasteiger partial charge in [0.1, 0.15) is 0 Å². The predicted octanol–water partition coefficient (Wildman–Crippen LogP) is 4.45. The van der Waals surface area contributed by atoms with Crippen LogP contribution in [-0.2, 0) is 0 Å². The number of hydrogen-bond acceptors (Lipinski definition) is 2. The molecule has 0 amide bonds. The molecule has 3 unspecified atom stereocenters. The molecular weight excluding hydrogens is 292 g/mol. The molecule has 1 aliphatic carbocycles. The molecule has 2 aromatic rings. The van der Waals surface area contributed by atoms with E-state index in [4.69, 9.17) is 17.3 Å². The summed E-state index contributed by atoms with van der Waals surface area (Å²) in [5.74, 6) is 0.984. The molecule has 2 nitrogen and oxygen atoms in total. The van der Waals surface area contributed by atoms with Crippen LogP contribution in [0.1, 0.15) is 41.5 Å². The van der Waals surface area contributed by atoms with E-state index in [1.165, 1.54) is 29.5 Å². The number of para-hydroxylation sites is 1. The molecule has 2 N–H and O–H groups in total. The summed E-state index contributed by atoms with van der Waals surface area (Å²) < 4.78 is 0.